The summed E-state index contributed by atoms with van der Waals surface area (Å²) >= 11 is 0. The number of carboxylic acids is 1. The molecule has 2 aromatic rings. The van der Waals surface area contributed by atoms with Crippen LogP contribution in [0, 0.1) is 5.82 Å². The minimum atomic E-state index is -0.958. The van der Waals surface area contributed by atoms with E-state index in [-0.39, 0.29) is 23.3 Å². The Morgan fingerprint density at radius 3 is 2.42 bits per heavy atom. The van der Waals surface area contributed by atoms with Crippen LogP contribution in [-0.4, -0.2) is 45.7 Å². The molecule has 1 heterocycles. The summed E-state index contributed by atoms with van der Waals surface area (Å²) in [7, 11) is 0. The maximum atomic E-state index is 13.4. The topological polar surface area (TPSA) is 77.8 Å². The lowest BCUT2D eigenvalue weighted by atomic mass is 9.74. The molecule has 0 bridgehead atoms. The number of hydrogen-bond acceptors (Lipinski definition) is 3. The minimum absolute atomic E-state index is 0.0721. The SMILES string of the molecule is O=C(O)c1ccc(CCN2C(=O)CC[C@@H]2C=C[C@@H](O)C2(c3ccc(F)cc3)CCCC2)cc1. The van der Waals surface area contributed by atoms with Crippen molar-refractivity contribution in [3.8, 4) is 0 Å². The minimum Gasteiger partial charge on any atom is -0.478 e. The number of nitrogens with zero attached hydrogens (tertiary/aromatic N) is 1. The van der Waals surface area contributed by atoms with E-state index in [9.17, 15) is 19.1 Å². The van der Waals surface area contributed by atoms with Crippen molar-refractivity contribution in [3.63, 3.8) is 0 Å². The Morgan fingerprint density at radius 2 is 1.79 bits per heavy atom. The first-order chi connectivity index (χ1) is 15.9. The van der Waals surface area contributed by atoms with Crippen LogP contribution in [0.5, 0.6) is 0 Å². The summed E-state index contributed by atoms with van der Waals surface area (Å²) in [6.07, 6.45) is 8.65. The van der Waals surface area contributed by atoms with Gasteiger partial charge in [0.2, 0.25) is 5.91 Å². The molecular formula is C27H30FNO4. The second kappa shape index (κ2) is 9.87. The van der Waals surface area contributed by atoms with E-state index in [1.807, 2.05) is 17.1 Å². The average molecular weight is 452 g/mol. The predicted octanol–water partition coefficient (Wildman–Crippen LogP) is 4.49. The van der Waals surface area contributed by atoms with Gasteiger partial charge in [-0.15, -0.1) is 0 Å². The average Bonchev–Trinajstić information content (AvgIpc) is 3.44. The van der Waals surface area contributed by atoms with Gasteiger partial charge < -0.3 is 15.1 Å². The Bertz CT molecular complexity index is 1010. The molecule has 2 N–H and O–H groups in total. The number of halogens is 1. The fourth-order valence-corrected chi connectivity index (χ4v) is 5.27. The fourth-order valence-electron chi connectivity index (χ4n) is 5.27. The van der Waals surface area contributed by atoms with Gasteiger partial charge in [0.15, 0.2) is 0 Å². The molecule has 5 nitrogen and oxygen atoms in total. The molecule has 0 spiro atoms. The van der Waals surface area contributed by atoms with Crippen LogP contribution in [0.1, 0.15) is 60.0 Å². The van der Waals surface area contributed by atoms with Crippen molar-refractivity contribution in [3.05, 3.63) is 83.2 Å². The predicted molar refractivity (Wildman–Crippen MR) is 124 cm³/mol. The highest BCUT2D eigenvalue weighted by Crippen LogP contribution is 2.44. The molecule has 2 fully saturated rings. The standard InChI is InChI=1S/C27H30FNO4/c28-22-9-7-21(8-10-22)27(16-1-2-17-27)24(30)13-11-23-12-14-25(31)29(23)18-15-19-3-5-20(6-4-19)26(32)33/h3-11,13,23-24,30H,1-2,12,14-18H2,(H,32,33)/t23-,24+/m0/s1. The molecule has 1 aliphatic heterocycles. The molecule has 0 aromatic heterocycles. The molecule has 174 valence electrons. The molecule has 1 saturated carbocycles. The third kappa shape index (κ3) is 5.01. The maximum absolute atomic E-state index is 13.4. The molecular weight excluding hydrogens is 421 g/mol. The summed E-state index contributed by atoms with van der Waals surface area (Å²) in [5.74, 6) is -1.15. The second-order valence-corrected chi connectivity index (χ2v) is 9.15. The zero-order valence-corrected chi connectivity index (χ0v) is 18.6. The summed E-state index contributed by atoms with van der Waals surface area (Å²) < 4.78 is 13.4. The number of carboxylic acid groups (broad SMARTS) is 1. The lowest BCUT2D eigenvalue weighted by Gasteiger charge is -2.34. The summed E-state index contributed by atoms with van der Waals surface area (Å²) in [6, 6.07) is 13.1. The molecule has 0 unspecified atom stereocenters. The van der Waals surface area contributed by atoms with Crippen LogP contribution in [0.15, 0.2) is 60.7 Å². The van der Waals surface area contributed by atoms with E-state index < -0.39 is 17.5 Å². The van der Waals surface area contributed by atoms with Gasteiger partial charge in [-0.25, -0.2) is 9.18 Å². The first-order valence-electron chi connectivity index (χ1n) is 11.6. The van der Waals surface area contributed by atoms with E-state index in [1.54, 1.807) is 36.4 Å². The van der Waals surface area contributed by atoms with Crippen molar-refractivity contribution in [1.29, 1.82) is 0 Å². The fraction of sp³-hybridized carbons (Fsp3) is 0.407. The summed E-state index contributed by atoms with van der Waals surface area (Å²) in [6.45, 7) is 0.541. The van der Waals surface area contributed by atoms with E-state index >= 15 is 0 Å². The highest BCUT2D eigenvalue weighted by Gasteiger charge is 2.41. The highest BCUT2D eigenvalue weighted by molar-refractivity contribution is 5.87. The molecule has 2 aliphatic rings. The van der Waals surface area contributed by atoms with Crippen molar-refractivity contribution < 1.29 is 24.2 Å². The molecule has 33 heavy (non-hydrogen) atoms. The van der Waals surface area contributed by atoms with Crippen molar-refractivity contribution >= 4 is 11.9 Å². The maximum Gasteiger partial charge on any atom is 0.335 e. The Balaban J connectivity index is 1.43. The van der Waals surface area contributed by atoms with Crippen LogP contribution in [0.2, 0.25) is 0 Å². The largest absolute Gasteiger partial charge is 0.478 e. The van der Waals surface area contributed by atoms with Crippen molar-refractivity contribution in [2.24, 2.45) is 0 Å². The van der Waals surface area contributed by atoms with Crippen molar-refractivity contribution in [2.75, 3.05) is 6.54 Å². The number of hydrogen-bond donors (Lipinski definition) is 2. The molecule has 0 radical (unpaired) electrons. The molecule has 6 heteroatoms. The lowest BCUT2D eigenvalue weighted by Crippen LogP contribution is -2.37. The van der Waals surface area contributed by atoms with Gasteiger partial charge in [-0.05, 0) is 61.1 Å². The smallest absolute Gasteiger partial charge is 0.335 e. The van der Waals surface area contributed by atoms with Gasteiger partial charge in [0, 0.05) is 18.4 Å². The third-order valence-electron chi connectivity index (χ3n) is 7.21. The molecule has 2 atom stereocenters. The second-order valence-electron chi connectivity index (χ2n) is 9.15. The number of carbonyl (C=O) groups is 2. The van der Waals surface area contributed by atoms with Crippen LogP contribution in [0.4, 0.5) is 4.39 Å². The monoisotopic (exact) mass is 451 g/mol. The van der Waals surface area contributed by atoms with E-state index in [2.05, 4.69) is 0 Å². The Hall–Kier alpha value is -2.99. The van der Waals surface area contributed by atoms with E-state index in [4.69, 9.17) is 5.11 Å². The Labute approximate surface area is 193 Å². The summed E-state index contributed by atoms with van der Waals surface area (Å²) in [5, 5.41) is 20.2. The molecule has 2 aromatic carbocycles. The quantitative estimate of drug-likeness (QED) is 0.580. The van der Waals surface area contributed by atoms with Gasteiger partial charge in [0.1, 0.15) is 5.82 Å². The summed E-state index contributed by atoms with van der Waals surface area (Å²) in [4.78, 5) is 25.3. The lowest BCUT2D eigenvalue weighted by molar-refractivity contribution is -0.128. The number of carbonyl (C=O) groups excluding carboxylic acids is 1. The van der Waals surface area contributed by atoms with E-state index in [0.717, 1.165) is 36.8 Å². The van der Waals surface area contributed by atoms with Crippen molar-refractivity contribution in [2.45, 2.75) is 62.5 Å². The summed E-state index contributed by atoms with van der Waals surface area (Å²) in [5.41, 5.74) is 1.77. The van der Waals surface area contributed by atoms with Gasteiger partial charge >= 0.3 is 5.97 Å². The Morgan fingerprint density at radius 1 is 1.12 bits per heavy atom. The van der Waals surface area contributed by atoms with Gasteiger partial charge in [-0.3, -0.25) is 4.79 Å². The number of aliphatic hydroxyl groups excluding tert-OH is 1. The number of aromatic carboxylic acids is 1. The number of amides is 1. The first-order valence-corrected chi connectivity index (χ1v) is 11.6. The zero-order chi connectivity index (χ0) is 23.4. The van der Waals surface area contributed by atoms with Crippen LogP contribution in [0.3, 0.4) is 0 Å². The number of rotatable bonds is 8. The molecule has 1 saturated heterocycles. The first kappa shape index (κ1) is 23.2. The van der Waals surface area contributed by atoms with Crippen molar-refractivity contribution in [1.82, 2.24) is 4.90 Å². The van der Waals surface area contributed by atoms with E-state index in [1.165, 1.54) is 12.1 Å². The Kier molecular flexibility index (Phi) is 6.94. The highest BCUT2D eigenvalue weighted by atomic mass is 19.1. The van der Waals surface area contributed by atoms with Crippen LogP contribution >= 0.6 is 0 Å². The van der Waals surface area contributed by atoms with Gasteiger partial charge in [-0.2, -0.15) is 0 Å². The molecule has 4 rings (SSSR count). The third-order valence-corrected chi connectivity index (χ3v) is 7.21. The normalized spacial score (nSPS) is 21.1. The van der Waals surface area contributed by atoms with E-state index in [0.29, 0.717) is 25.8 Å². The number of likely N-dealkylation sites (tertiary alicyclic amines) is 1. The number of benzene rings is 2. The van der Waals surface area contributed by atoms with Crippen LogP contribution < -0.4 is 0 Å². The van der Waals surface area contributed by atoms with Gasteiger partial charge in [0.25, 0.3) is 0 Å². The molecule has 1 aliphatic carbocycles. The number of aliphatic hydroxyl groups is 1. The van der Waals surface area contributed by atoms with Gasteiger partial charge in [0.05, 0.1) is 17.7 Å². The molecule has 1 amide bonds. The van der Waals surface area contributed by atoms with Gasteiger partial charge in [-0.1, -0.05) is 49.3 Å². The van der Waals surface area contributed by atoms with Crippen LogP contribution in [-0.2, 0) is 16.6 Å². The van der Waals surface area contributed by atoms with Crippen LogP contribution in [0.25, 0.3) is 0 Å². The zero-order valence-electron chi connectivity index (χ0n) is 18.6.